The monoisotopic (exact) mass is 473 g/mol. The molecule has 0 bridgehead atoms. The molecule has 0 saturated heterocycles. The third kappa shape index (κ3) is 3.43. The van der Waals surface area contributed by atoms with Crippen molar-refractivity contribution in [3.8, 4) is 17.1 Å². The molecule has 7 aromatic rings. The SMILES string of the molecule is c1ccc(-n2cnc3c(NCc4nc5ccccc5[nH]4)nc(-c4csc5ccccc45)nc32)cc1. The Morgan fingerprint density at radius 1 is 0.857 bits per heavy atom. The molecule has 0 aliphatic carbocycles. The predicted octanol–water partition coefficient (Wildman–Crippen LogP) is 6.19. The lowest BCUT2D eigenvalue weighted by atomic mass is 10.1. The van der Waals surface area contributed by atoms with E-state index >= 15 is 0 Å². The molecule has 3 aromatic carbocycles. The van der Waals surface area contributed by atoms with Crippen LogP contribution in [-0.2, 0) is 6.54 Å². The molecule has 0 unspecified atom stereocenters. The second kappa shape index (κ2) is 8.03. The Labute approximate surface area is 204 Å². The van der Waals surface area contributed by atoms with Crippen molar-refractivity contribution in [3.05, 3.63) is 96.4 Å². The lowest BCUT2D eigenvalue weighted by Gasteiger charge is -2.09. The molecule has 0 radical (unpaired) electrons. The van der Waals surface area contributed by atoms with E-state index in [-0.39, 0.29) is 0 Å². The van der Waals surface area contributed by atoms with Gasteiger partial charge in [0.25, 0.3) is 0 Å². The number of aromatic nitrogens is 6. The molecular formula is C27H19N7S. The molecule has 0 atom stereocenters. The second-order valence-electron chi connectivity index (χ2n) is 8.22. The van der Waals surface area contributed by atoms with Crippen molar-refractivity contribution < 1.29 is 0 Å². The van der Waals surface area contributed by atoms with E-state index in [2.05, 4.69) is 43.8 Å². The second-order valence-corrected chi connectivity index (χ2v) is 9.13. The predicted molar refractivity (Wildman–Crippen MR) is 141 cm³/mol. The van der Waals surface area contributed by atoms with E-state index in [1.54, 1.807) is 17.7 Å². The van der Waals surface area contributed by atoms with Crippen molar-refractivity contribution in [1.82, 2.24) is 29.5 Å². The minimum absolute atomic E-state index is 0.489. The summed E-state index contributed by atoms with van der Waals surface area (Å²) < 4.78 is 3.21. The number of imidazole rings is 2. The van der Waals surface area contributed by atoms with Gasteiger partial charge in [-0.1, -0.05) is 48.5 Å². The van der Waals surface area contributed by atoms with Crippen LogP contribution in [0, 0.1) is 0 Å². The molecule has 0 aliphatic heterocycles. The van der Waals surface area contributed by atoms with E-state index < -0.39 is 0 Å². The number of thiophene rings is 1. The maximum atomic E-state index is 4.99. The van der Waals surface area contributed by atoms with Gasteiger partial charge in [-0.3, -0.25) is 4.57 Å². The molecule has 2 N–H and O–H groups in total. The zero-order valence-corrected chi connectivity index (χ0v) is 19.3. The number of rotatable bonds is 5. The van der Waals surface area contributed by atoms with E-state index in [9.17, 15) is 0 Å². The van der Waals surface area contributed by atoms with E-state index in [4.69, 9.17) is 9.97 Å². The van der Waals surface area contributed by atoms with Gasteiger partial charge in [-0.2, -0.15) is 0 Å². The number of H-pyrrole nitrogens is 1. The van der Waals surface area contributed by atoms with Crippen molar-refractivity contribution in [2.24, 2.45) is 0 Å². The Kier molecular flexibility index (Phi) is 4.56. The Balaban J connectivity index is 1.37. The van der Waals surface area contributed by atoms with Gasteiger partial charge in [0, 0.05) is 26.7 Å². The van der Waals surface area contributed by atoms with Crippen molar-refractivity contribution >= 4 is 49.4 Å². The van der Waals surface area contributed by atoms with E-state index in [1.165, 1.54) is 4.70 Å². The third-order valence-corrected chi connectivity index (χ3v) is 6.98. The highest BCUT2D eigenvalue weighted by Crippen LogP contribution is 2.34. The lowest BCUT2D eigenvalue weighted by Crippen LogP contribution is -2.06. The molecule has 0 aliphatic rings. The van der Waals surface area contributed by atoms with Gasteiger partial charge in [0.05, 0.1) is 17.6 Å². The highest BCUT2D eigenvalue weighted by molar-refractivity contribution is 7.17. The zero-order chi connectivity index (χ0) is 23.2. The van der Waals surface area contributed by atoms with E-state index in [0.29, 0.717) is 23.7 Å². The Bertz CT molecular complexity index is 1780. The number of hydrogen-bond acceptors (Lipinski definition) is 6. The Morgan fingerprint density at radius 3 is 2.60 bits per heavy atom. The Hall–Kier alpha value is -4.56. The minimum atomic E-state index is 0.489. The highest BCUT2D eigenvalue weighted by atomic mass is 32.1. The number of benzene rings is 3. The van der Waals surface area contributed by atoms with Crippen molar-refractivity contribution in [3.63, 3.8) is 0 Å². The molecule has 0 fully saturated rings. The van der Waals surface area contributed by atoms with Crippen LogP contribution in [0.4, 0.5) is 5.82 Å². The largest absolute Gasteiger partial charge is 0.361 e. The molecule has 0 spiro atoms. The number of fused-ring (bicyclic) bond motifs is 3. The zero-order valence-electron chi connectivity index (χ0n) is 18.5. The Morgan fingerprint density at radius 2 is 1.69 bits per heavy atom. The van der Waals surface area contributed by atoms with Crippen molar-refractivity contribution in [2.75, 3.05) is 5.32 Å². The fourth-order valence-electron chi connectivity index (χ4n) is 4.33. The fraction of sp³-hybridized carbons (Fsp3) is 0.0370. The van der Waals surface area contributed by atoms with Crippen LogP contribution in [0.15, 0.2) is 90.6 Å². The van der Waals surface area contributed by atoms with Crippen LogP contribution in [0.2, 0.25) is 0 Å². The van der Waals surface area contributed by atoms with Crippen molar-refractivity contribution in [1.29, 1.82) is 0 Å². The van der Waals surface area contributed by atoms with Gasteiger partial charge in [0.15, 0.2) is 22.8 Å². The van der Waals surface area contributed by atoms with Crippen LogP contribution < -0.4 is 5.32 Å². The lowest BCUT2D eigenvalue weighted by molar-refractivity contribution is 0.996. The maximum absolute atomic E-state index is 4.99. The van der Waals surface area contributed by atoms with E-state index in [1.807, 2.05) is 65.2 Å². The summed E-state index contributed by atoms with van der Waals surface area (Å²) in [5.74, 6) is 2.18. The average molecular weight is 474 g/mol. The standard InChI is InChI=1S/C27H19N7S/c1-2-8-17(9-3-1)34-16-29-24-26(28-14-23-30-20-11-5-6-12-21(20)31-23)32-25(33-27(24)34)19-15-35-22-13-7-4-10-18(19)22/h1-13,15-16H,14H2,(H,30,31)(H,28,32,33). The van der Waals surface area contributed by atoms with Crippen LogP contribution in [0.25, 0.3) is 49.4 Å². The fourth-order valence-corrected chi connectivity index (χ4v) is 5.27. The average Bonchev–Trinajstić information content (AvgIpc) is 3.64. The topological polar surface area (TPSA) is 84.3 Å². The van der Waals surface area contributed by atoms with Gasteiger partial charge in [-0.25, -0.2) is 19.9 Å². The summed E-state index contributed by atoms with van der Waals surface area (Å²) in [6, 6.07) is 26.5. The normalized spacial score (nSPS) is 11.5. The van der Waals surface area contributed by atoms with Gasteiger partial charge < -0.3 is 10.3 Å². The molecule has 0 saturated carbocycles. The van der Waals surface area contributed by atoms with Gasteiger partial charge in [-0.15, -0.1) is 11.3 Å². The van der Waals surface area contributed by atoms with Gasteiger partial charge in [0.1, 0.15) is 12.2 Å². The first kappa shape index (κ1) is 19.9. The van der Waals surface area contributed by atoms with Crippen LogP contribution in [-0.4, -0.2) is 29.5 Å². The van der Waals surface area contributed by atoms with Crippen LogP contribution in [0.1, 0.15) is 5.82 Å². The minimum Gasteiger partial charge on any atom is -0.361 e. The summed E-state index contributed by atoms with van der Waals surface area (Å²) in [4.78, 5) is 22.7. The number of para-hydroxylation sites is 3. The van der Waals surface area contributed by atoms with Gasteiger partial charge in [0.2, 0.25) is 0 Å². The summed E-state index contributed by atoms with van der Waals surface area (Å²) in [5.41, 5.74) is 5.43. The summed E-state index contributed by atoms with van der Waals surface area (Å²) in [5, 5.41) is 6.73. The molecule has 4 heterocycles. The first-order chi connectivity index (χ1) is 17.3. The van der Waals surface area contributed by atoms with Crippen LogP contribution in [0.5, 0.6) is 0 Å². The summed E-state index contributed by atoms with van der Waals surface area (Å²) >= 11 is 1.70. The highest BCUT2D eigenvalue weighted by Gasteiger charge is 2.18. The first-order valence-corrected chi connectivity index (χ1v) is 12.2. The third-order valence-electron chi connectivity index (χ3n) is 6.01. The quantitative estimate of drug-likeness (QED) is 0.312. The first-order valence-electron chi connectivity index (χ1n) is 11.3. The van der Waals surface area contributed by atoms with Crippen LogP contribution >= 0.6 is 11.3 Å². The van der Waals surface area contributed by atoms with Crippen molar-refractivity contribution in [2.45, 2.75) is 6.54 Å². The molecule has 8 heteroatoms. The summed E-state index contributed by atoms with van der Waals surface area (Å²) in [6.07, 6.45) is 1.80. The molecular weight excluding hydrogens is 454 g/mol. The number of anilines is 1. The molecule has 4 aromatic heterocycles. The van der Waals surface area contributed by atoms with Gasteiger partial charge >= 0.3 is 0 Å². The molecule has 0 amide bonds. The van der Waals surface area contributed by atoms with Crippen LogP contribution in [0.3, 0.4) is 0 Å². The smallest absolute Gasteiger partial charge is 0.170 e. The molecule has 7 rings (SSSR count). The summed E-state index contributed by atoms with van der Waals surface area (Å²) in [6.45, 7) is 0.489. The summed E-state index contributed by atoms with van der Waals surface area (Å²) in [7, 11) is 0. The maximum Gasteiger partial charge on any atom is 0.170 e. The number of nitrogens with one attached hydrogen (secondary N) is 2. The number of hydrogen-bond donors (Lipinski definition) is 2. The number of aromatic amines is 1. The van der Waals surface area contributed by atoms with E-state index in [0.717, 1.165) is 39.1 Å². The molecule has 35 heavy (non-hydrogen) atoms. The number of nitrogens with zero attached hydrogens (tertiary/aromatic N) is 5. The molecule has 168 valence electrons. The molecule has 7 nitrogen and oxygen atoms in total. The van der Waals surface area contributed by atoms with Gasteiger partial charge in [-0.05, 0) is 30.3 Å².